The van der Waals surface area contributed by atoms with Gasteiger partial charge in [-0.05, 0) is 36.6 Å². The Morgan fingerprint density at radius 3 is 2.30 bits per heavy atom. The van der Waals surface area contributed by atoms with E-state index < -0.39 is 44.1 Å². The Morgan fingerprint density at radius 2 is 1.77 bits per heavy atom. The molecule has 3 atom stereocenters. The van der Waals surface area contributed by atoms with Crippen molar-refractivity contribution in [3.8, 4) is 5.75 Å². The van der Waals surface area contributed by atoms with Gasteiger partial charge in [0.25, 0.3) is 0 Å². The van der Waals surface area contributed by atoms with Gasteiger partial charge in [0.15, 0.2) is 5.65 Å². The lowest BCUT2D eigenvalue weighted by molar-refractivity contribution is -0.272. The van der Waals surface area contributed by atoms with Gasteiger partial charge < -0.3 is 19.9 Å². The second-order valence-corrected chi connectivity index (χ2v) is 12.5. The first-order valence-electron chi connectivity index (χ1n) is 11.6. The second kappa shape index (κ2) is 11.0. The molecule has 1 aliphatic carbocycles. The van der Waals surface area contributed by atoms with E-state index in [-0.39, 0.29) is 30.5 Å². The molecule has 1 aromatic carbocycles. The van der Waals surface area contributed by atoms with Crippen molar-refractivity contribution in [3.63, 3.8) is 0 Å². The van der Waals surface area contributed by atoms with E-state index in [1.54, 1.807) is 31.2 Å². The third-order valence-corrected chi connectivity index (χ3v) is 8.82. The summed E-state index contributed by atoms with van der Waals surface area (Å²) in [5, 5.41) is 0.420. The SMILES string of the molecule is COc1ccc(Sc2nc(N)nc3c2ncn3CC2(OOP(=O)(O)C(CC(F)(F)F)CC(F)(F)F)CC2C)cc1. The number of anilines is 1. The zero-order chi connectivity index (χ0) is 29.5. The van der Waals surface area contributed by atoms with Crippen LogP contribution in [-0.2, 0) is 20.7 Å². The molecule has 4 rings (SSSR count). The highest BCUT2D eigenvalue weighted by molar-refractivity contribution is 7.99. The predicted molar refractivity (Wildman–Crippen MR) is 130 cm³/mol. The largest absolute Gasteiger partial charge is 0.497 e. The number of aromatic nitrogens is 4. The molecule has 2 aromatic heterocycles. The van der Waals surface area contributed by atoms with Crippen LogP contribution in [0.2, 0.25) is 0 Å². The highest BCUT2D eigenvalue weighted by Crippen LogP contribution is 2.58. The molecule has 0 spiro atoms. The Balaban J connectivity index is 1.53. The standard InChI is InChI=1S/C22H24F6N5O5PS/c1-12-7-20(12,37-38-39(34,35)14(8-21(23,24)25)9-22(26,27)28)10-33-11-30-16-17(33)31-19(29)32-18(16)40-15-5-3-13(36-2)4-6-15/h3-6,11-12,14H,7-10H2,1-2H3,(H,34,35)(H2,29,31,32). The zero-order valence-corrected chi connectivity index (χ0v) is 22.7. The average molecular weight is 615 g/mol. The normalized spacial score (nSPS) is 21.1. The number of hydrogen-bond donors (Lipinski definition) is 2. The molecule has 0 radical (unpaired) electrons. The number of methoxy groups -OCH3 is 1. The van der Waals surface area contributed by atoms with Gasteiger partial charge in [-0.1, -0.05) is 18.7 Å². The number of nitrogens with zero attached hydrogens (tertiary/aromatic N) is 4. The van der Waals surface area contributed by atoms with Crippen molar-refractivity contribution in [2.24, 2.45) is 5.92 Å². The lowest BCUT2D eigenvalue weighted by Crippen LogP contribution is -2.29. The number of alkyl halides is 6. The van der Waals surface area contributed by atoms with Gasteiger partial charge in [-0.2, -0.15) is 31.3 Å². The molecule has 3 aromatic rings. The average Bonchev–Trinajstić information content (AvgIpc) is 3.29. The topological polar surface area (TPSA) is 135 Å². The van der Waals surface area contributed by atoms with E-state index in [9.17, 15) is 35.8 Å². The van der Waals surface area contributed by atoms with Crippen LogP contribution in [0.3, 0.4) is 0 Å². The summed E-state index contributed by atoms with van der Waals surface area (Å²) in [4.78, 5) is 28.8. The van der Waals surface area contributed by atoms with Crippen molar-refractivity contribution in [3.05, 3.63) is 30.6 Å². The number of nitrogen functional groups attached to an aromatic ring is 1. The molecule has 220 valence electrons. The fraction of sp³-hybridized carbons (Fsp3) is 0.500. The van der Waals surface area contributed by atoms with E-state index in [0.29, 0.717) is 16.3 Å². The molecule has 2 heterocycles. The predicted octanol–water partition coefficient (Wildman–Crippen LogP) is 5.75. The van der Waals surface area contributed by atoms with Crippen molar-refractivity contribution in [1.82, 2.24) is 19.5 Å². The molecule has 40 heavy (non-hydrogen) atoms. The van der Waals surface area contributed by atoms with E-state index in [1.165, 1.54) is 29.8 Å². The number of halogens is 6. The second-order valence-electron chi connectivity index (χ2n) is 9.39. The van der Waals surface area contributed by atoms with Gasteiger partial charge in [0.2, 0.25) is 5.95 Å². The lowest BCUT2D eigenvalue weighted by Gasteiger charge is -2.26. The van der Waals surface area contributed by atoms with Crippen LogP contribution in [-0.4, -0.2) is 55.1 Å². The fourth-order valence-electron chi connectivity index (χ4n) is 4.01. The molecule has 1 saturated carbocycles. The van der Waals surface area contributed by atoms with Crippen LogP contribution in [0.5, 0.6) is 5.75 Å². The minimum Gasteiger partial charge on any atom is -0.497 e. The van der Waals surface area contributed by atoms with Crippen LogP contribution in [0, 0.1) is 5.92 Å². The quantitative estimate of drug-likeness (QED) is 0.0902. The third-order valence-electron chi connectivity index (χ3n) is 6.26. The third kappa shape index (κ3) is 7.37. The Labute approximate surface area is 227 Å². The van der Waals surface area contributed by atoms with Gasteiger partial charge in [0, 0.05) is 4.90 Å². The molecule has 0 amide bonds. The summed E-state index contributed by atoms with van der Waals surface area (Å²) in [5.74, 6) is 0.242. The smallest absolute Gasteiger partial charge is 0.390 e. The first-order valence-corrected chi connectivity index (χ1v) is 14.1. The Bertz CT molecular complexity index is 1390. The minimum atomic E-state index is -5.52. The maximum absolute atomic E-state index is 12.9. The summed E-state index contributed by atoms with van der Waals surface area (Å²) in [5.41, 5.74) is 2.40. The molecule has 18 heteroatoms. The molecule has 1 aliphatic rings. The molecule has 3 N–H and O–H groups in total. The van der Waals surface area contributed by atoms with Crippen LogP contribution in [0.1, 0.15) is 26.2 Å². The van der Waals surface area contributed by atoms with E-state index in [4.69, 9.17) is 15.4 Å². The van der Waals surface area contributed by atoms with E-state index in [1.807, 2.05) is 0 Å². The molecule has 0 aliphatic heterocycles. The number of imidazole rings is 1. The summed E-state index contributed by atoms with van der Waals surface area (Å²) in [7, 11) is -3.99. The van der Waals surface area contributed by atoms with E-state index in [2.05, 4.69) is 19.6 Å². The molecule has 10 nitrogen and oxygen atoms in total. The number of ether oxygens (including phenoxy) is 1. The lowest BCUT2D eigenvalue weighted by atomic mass is 10.2. The van der Waals surface area contributed by atoms with Crippen molar-refractivity contribution in [2.75, 3.05) is 12.8 Å². The van der Waals surface area contributed by atoms with Crippen LogP contribution in [0.25, 0.3) is 11.2 Å². The summed E-state index contributed by atoms with van der Waals surface area (Å²) in [6.45, 7) is 1.57. The minimum absolute atomic E-state index is 0.0812. The molecule has 3 unspecified atom stereocenters. The van der Waals surface area contributed by atoms with Gasteiger partial charge in [-0.3, -0.25) is 4.57 Å². The van der Waals surface area contributed by atoms with Crippen molar-refractivity contribution in [2.45, 2.75) is 66.3 Å². The number of nitrogens with two attached hydrogens (primary N) is 1. The maximum atomic E-state index is 12.9. The zero-order valence-electron chi connectivity index (χ0n) is 20.9. The van der Waals surface area contributed by atoms with Gasteiger partial charge in [0.05, 0.1) is 38.5 Å². The van der Waals surface area contributed by atoms with Crippen LogP contribution < -0.4 is 10.5 Å². The van der Waals surface area contributed by atoms with Gasteiger partial charge >= 0.3 is 19.9 Å². The number of fused-ring (bicyclic) bond motifs is 1. The van der Waals surface area contributed by atoms with E-state index >= 15 is 0 Å². The van der Waals surface area contributed by atoms with Crippen LogP contribution in [0.15, 0.2) is 40.5 Å². The first kappa shape index (κ1) is 30.4. The Kier molecular flexibility index (Phi) is 8.36. The fourth-order valence-corrected chi connectivity index (χ4v) is 6.14. The van der Waals surface area contributed by atoms with Crippen LogP contribution >= 0.6 is 19.4 Å². The van der Waals surface area contributed by atoms with E-state index in [0.717, 1.165) is 4.90 Å². The molecule has 1 fully saturated rings. The first-order chi connectivity index (χ1) is 18.5. The Hall–Kier alpha value is -2.59. The Morgan fingerprint density at radius 1 is 1.18 bits per heavy atom. The number of rotatable bonds is 11. The summed E-state index contributed by atoms with van der Waals surface area (Å²) < 4.78 is 101. The van der Waals surface area contributed by atoms with Crippen molar-refractivity contribution < 1.29 is 50.1 Å². The van der Waals surface area contributed by atoms with Crippen molar-refractivity contribution >= 4 is 36.5 Å². The molecular formula is C22H24F6N5O5PS. The molecule has 0 saturated heterocycles. The monoisotopic (exact) mass is 615 g/mol. The number of benzene rings is 1. The van der Waals surface area contributed by atoms with Gasteiger partial charge in [-0.15, -0.1) is 4.67 Å². The number of hydrogen-bond acceptors (Lipinski definition) is 9. The maximum Gasteiger partial charge on any atom is 0.390 e. The van der Waals surface area contributed by atoms with Crippen LogP contribution in [0.4, 0.5) is 32.3 Å². The summed E-state index contributed by atoms with van der Waals surface area (Å²) in [6, 6.07) is 7.11. The molecular weight excluding hydrogens is 591 g/mol. The highest BCUT2D eigenvalue weighted by Gasteiger charge is 2.57. The molecule has 0 bridgehead atoms. The summed E-state index contributed by atoms with van der Waals surface area (Å²) in [6.07, 6.45) is -13.0. The van der Waals surface area contributed by atoms with Gasteiger partial charge in [-0.25, -0.2) is 14.9 Å². The highest BCUT2D eigenvalue weighted by atomic mass is 32.2. The van der Waals surface area contributed by atoms with Gasteiger partial charge in [0.1, 0.15) is 21.9 Å². The summed E-state index contributed by atoms with van der Waals surface area (Å²) >= 11 is 1.25. The van der Waals surface area contributed by atoms with Crippen molar-refractivity contribution in [1.29, 1.82) is 0 Å².